The first-order valence-electron chi connectivity index (χ1n) is 8.26. The van der Waals surface area contributed by atoms with Crippen molar-refractivity contribution >= 4 is 23.0 Å². The lowest BCUT2D eigenvalue weighted by molar-refractivity contribution is -0.110. The van der Waals surface area contributed by atoms with E-state index in [0.29, 0.717) is 22.8 Å². The molecule has 0 amide bonds. The molecular formula is C22H18O4. The monoisotopic (exact) mass is 346 g/mol. The van der Waals surface area contributed by atoms with Crippen molar-refractivity contribution in [1.82, 2.24) is 0 Å². The average Bonchev–Trinajstić information content (AvgIpc) is 3.07. The van der Waals surface area contributed by atoms with E-state index in [1.54, 1.807) is 33.5 Å². The Morgan fingerprint density at radius 1 is 0.769 bits per heavy atom. The van der Waals surface area contributed by atoms with Gasteiger partial charge in [-0.1, -0.05) is 30.3 Å². The van der Waals surface area contributed by atoms with E-state index in [9.17, 15) is 4.79 Å². The standard InChI is InChI=1S/C22H18O4/c1-24-19-11-14(12-20(25-2)22(19)26-3)16-8-9-17-15-7-5-4-6-13(15)10-18(17)21(16)23/h4-12H,1-3H3. The molecule has 2 aromatic rings. The molecule has 4 rings (SSSR count). The third-order valence-corrected chi connectivity index (χ3v) is 4.72. The van der Waals surface area contributed by atoms with E-state index in [-0.39, 0.29) is 5.78 Å². The third kappa shape index (κ3) is 2.34. The summed E-state index contributed by atoms with van der Waals surface area (Å²) in [6, 6.07) is 11.6. The van der Waals surface area contributed by atoms with Crippen molar-refractivity contribution in [2.24, 2.45) is 0 Å². The van der Waals surface area contributed by atoms with Gasteiger partial charge in [-0.3, -0.25) is 4.79 Å². The number of hydrogen-bond acceptors (Lipinski definition) is 4. The molecule has 0 heterocycles. The van der Waals surface area contributed by atoms with Crippen LogP contribution in [0.2, 0.25) is 0 Å². The van der Waals surface area contributed by atoms with Crippen LogP contribution in [0.3, 0.4) is 0 Å². The molecule has 4 heteroatoms. The van der Waals surface area contributed by atoms with E-state index in [1.807, 2.05) is 42.5 Å². The Labute approximate surface area is 152 Å². The molecule has 0 unspecified atom stereocenters. The third-order valence-electron chi connectivity index (χ3n) is 4.72. The molecule has 2 aliphatic rings. The van der Waals surface area contributed by atoms with Crippen LogP contribution in [0, 0.1) is 0 Å². The van der Waals surface area contributed by atoms with Gasteiger partial charge in [-0.15, -0.1) is 0 Å². The van der Waals surface area contributed by atoms with Gasteiger partial charge in [0.25, 0.3) is 0 Å². The van der Waals surface area contributed by atoms with Gasteiger partial charge in [0.1, 0.15) is 0 Å². The van der Waals surface area contributed by atoms with Crippen molar-refractivity contribution in [3.63, 3.8) is 0 Å². The van der Waals surface area contributed by atoms with Crippen molar-refractivity contribution in [2.45, 2.75) is 0 Å². The summed E-state index contributed by atoms with van der Waals surface area (Å²) in [7, 11) is 4.68. The molecule has 0 N–H and O–H groups in total. The number of carbonyl (C=O) groups excluding carboxylic acids is 1. The van der Waals surface area contributed by atoms with Crippen LogP contribution in [-0.2, 0) is 4.79 Å². The topological polar surface area (TPSA) is 44.8 Å². The second kappa shape index (κ2) is 6.23. The molecule has 0 atom stereocenters. The fourth-order valence-corrected chi connectivity index (χ4v) is 3.47. The summed E-state index contributed by atoms with van der Waals surface area (Å²) in [5, 5.41) is 0. The van der Waals surface area contributed by atoms with Gasteiger partial charge in [-0.2, -0.15) is 0 Å². The summed E-state index contributed by atoms with van der Waals surface area (Å²) >= 11 is 0. The van der Waals surface area contributed by atoms with E-state index in [4.69, 9.17) is 14.2 Å². The Hall–Kier alpha value is -3.27. The Balaban J connectivity index is 1.83. The Kier molecular flexibility index (Phi) is 3.88. The van der Waals surface area contributed by atoms with Crippen molar-refractivity contribution in [3.8, 4) is 17.2 Å². The van der Waals surface area contributed by atoms with Crippen LogP contribution >= 0.6 is 0 Å². The van der Waals surface area contributed by atoms with Crippen molar-refractivity contribution in [2.75, 3.05) is 21.3 Å². The van der Waals surface area contributed by atoms with Crippen LogP contribution in [-0.4, -0.2) is 27.1 Å². The number of ketones is 1. The van der Waals surface area contributed by atoms with E-state index < -0.39 is 0 Å². The molecule has 130 valence electrons. The Morgan fingerprint density at radius 3 is 2.08 bits per heavy atom. The summed E-state index contributed by atoms with van der Waals surface area (Å²) in [5.41, 5.74) is 5.20. The fourth-order valence-electron chi connectivity index (χ4n) is 3.47. The largest absolute Gasteiger partial charge is 0.493 e. The molecule has 0 saturated heterocycles. The molecule has 0 radical (unpaired) electrons. The van der Waals surface area contributed by atoms with E-state index in [1.165, 1.54) is 0 Å². The molecule has 0 aliphatic heterocycles. The lowest BCUT2D eigenvalue weighted by atomic mass is 9.87. The molecule has 2 aromatic carbocycles. The van der Waals surface area contributed by atoms with Crippen LogP contribution < -0.4 is 14.2 Å². The molecule has 0 saturated carbocycles. The van der Waals surface area contributed by atoms with E-state index in [2.05, 4.69) is 0 Å². The number of carbonyl (C=O) groups is 1. The minimum Gasteiger partial charge on any atom is -0.493 e. The van der Waals surface area contributed by atoms with Gasteiger partial charge in [-0.25, -0.2) is 0 Å². The van der Waals surface area contributed by atoms with Crippen LogP contribution in [0.25, 0.3) is 17.2 Å². The van der Waals surface area contributed by atoms with Crippen LogP contribution in [0.15, 0.2) is 54.1 Å². The zero-order valence-corrected chi connectivity index (χ0v) is 14.8. The second-order valence-electron chi connectivity index (χ2n) is 6.05. The first-order valence-corrected chi connectivity index (χ1v) is 8.26. The summed E-state index contributed by atoms with van der Waals surface area (Å²) in [4.78, 5) is 13.1. The summed E-state index contributed by atoms with van der Waals surface area (Å²) < 4.78 is 16.2. The average molecular weight is 346 g/mol. The number of hydrogen-bond donors (Lipinski definition) is 0. The molecular weight excluding hydrogens is 328 g/mol. The smallest absolute Gasteiger partial charge is 0.203 e. The maximum Gasteiger partial charge on any atom is 0.203 e. The highest BCUT2D eigenvalue weighted by atomic mass is 16.5. The van der Waals surface area contributed by atoms with Gasteiger partial charge in [0, 0.05) is 11.1 Å². The van der Waals surface area contributed by atoms with E-state index in [0.717, 1.165) is 27.8 Å². The van der Waals surface area contributed by atoms with Crippen LogP contribution in [0.5, 0.6) is 17.2 Å². The van der Waals surface area contributed by atoms with Crippen LogP contribution in [0.4, 0.5) is 0 Å². The van der Waals surface area contributed by atoms with Gasteiger partial charge in [0.05, 0.1) is 21.3 Å². The Morgan fingerprint density at radius 2 is 1.42 bits per heavy atom. The molecule has 2 aliphatic carbocycles. The molecule has 26 heavy (non-hydrogen) atoms. The zero-order chi connectivity index (χ0) is 18.3. The van der Waals surface area contributed by atoms with Gasteiger partial charge in [0.2, 0.25) is 5.75 Å². The minimum absolute atomic E-state index is 0.00651. The molecule has 0 bridgehead atoms. The van der Waals surface area contributed by atoms with Crippen LogP contribution in [0.1, 0.15) is 16.7 Å². The quantitative estimate of drug-likeness (QED) is 0.834. The van der Waals surface area contributed by atoms with Crippen molar-refractivity contribution in [3.05, 3.63) is 70.8 Å². The number of fused-ring (bicyclic) bond motifs is 3. The Bertz CT molecular complexity index is 984. The highest BCUT2D eigenvalue weighted by Crippen LogP contribution is 2.44. The van der Waals surface area contributed by atoms with Gasteiger partial charge >= 0.3 is 0 Å². The summed E-state index contributed by atoms with van der Waals surface area (Å²) in [5.74, 6) is 1.54. The van der Waals surface area contributed by atoms with Crippen molar-refractivity contribution in [1.29, 1.82) is 0 Å². The molecule has 0 spiro atoms. The number of rotatable bonds is 4. The maximum atomic E-state index is 13.1. The summed E-state index contributed by atoms with van der Waals surface area (Å²) in [6.45, 7) is 0. The van der Waals surface area contributed by atoms with Crippen molar-refractivity contribution < 1.29 is 19.0 Å². The van der Waals surface area contributed by atoms with E-state index >= 15 is 0 Å². The SMILES string of the molecule is COc1cc(C2=CC=C3C(=Cc4ccccc43)C2=O)cc(OC)c1OC. The summed E-state index contributed by atoms with van der Waals surface area (Å²) in [6.07, 6.45) is 5.81. The number of ether oxygens (including phenoxy) is 3. The number of Topliss-reactive ketones (excluding diaryl/α,β-unsaturated/α-hetero) is 1. The van der Waals surface area contributed by atoms with Gasteiger partial charge in [-0.05, 0) is 46.5 Å². The predicted octanol–water partition coefficient (Wildman–Crippen LogP) is 4.16. The first-order chi connectivity index (χ1) is 12.7. The van der Waals surface area contributed by atoms with Gasteiger partial charge < -0.3 is 14.2 Å². The second-order valence-corrected chi connectivity index (χ2v) is 6.05. The highest BCUT2D eigenvalue weighted by molar-refractivity contribution is 6.38. The highest BCUT2D eigenvalue weighted by Gasteiger charge is 2.29. The van der Waals surface area contributed by atoms with Gasteiger partial charge in [0.15, 0.2) is 17.3 Å². The lowest BCUT2D eigenvalue weighted by Crippen LogP contribution is -2.09. The lowest BCUT2D eigenvalue weighted by Gasteiger charge is -2.18. The minimum atomic E-state index is -0.00651. The normalized spacial score (nSPS) is 14.7. The first kappa shape index (κ1) is 16.2. The molecule has 0 aromatic heterocycles. The number of allylic oxidation sites excluding steroid dienone is 5. The molecule has 0 fully saturated rings. The fraction of sp³-hybridized carbons (Fsp3) is 0.136. The predicted molar refractivity (Wildman–Crippen MR) is 101 cm³/mol. The molecule has 4 nitrogen and oxygen atoms in total. The number of methoxy groups -OCH3 is 3. The number of benzene rings is 2. The zero-order valence-electron chi connectivity index (χ0n) is 14.8. The maximum absolute atomic E-state index is 13.1.